The summed E-state index contributed by atoms with van der Waals surface area (Å²) >= 11 is 0. The van der Waals surface area contributed by atoms with Gasteiger partial charge in [-0.05, 0) is 56.9 Å². The summed E-state index contributed by atoms with van der Waals surface area (Å²) in [7, 11) is 0. The number of nitrogens with zero attached hydrogens (tertiary/aromatic N) is 3. The van der Waals surface area contributed by atoms with E-state index in [4.69, 9.17) is 4.52 Å². The summed E-state index contributed by atoms with van der Waals surface area (Å²) in [5.41, 5.74) is 5.28. The fraction of sp³-hybridized carbons (Fsp3) is 0.348. The minimum Gasteiger partial charge on any atom is -0.339 e. The first-order valence-corrected chi connectivity index (χ1v) is 9.78. The normalized spacial score (nSPS) is 15.0. The predicted octanol–water partition coefficient (Wildman–Crippen LogP) is 4.68. The molecule has 0 saturated carbocycles. The van der Waals surface area contributed by atoms with Crippen LogP contribution in [0.5, 0.6) is 0 Å². The highest BCUT2D eigenvalue weighted by atomic mass is 16.5. The van der Waals surface area contributed by atoms with Crippen LogP contribution >= 0.6 is 0 Å². The van der Waals surface area contributed by atoms with E-state index in [0.29, 0.717) is 24.8 Å². The molecule has 0 bridgehead atoms. The number of aryl methyl sites for hydroxylation is 3. The Hall–Kier alpha value is -2.95. The van der Waals surface area contributed by atoms with Crippen molar-refractivity contribution in [2.45, 2.75) is 39.5 Å². The first kappa shape index (κ1) is 18.4. The van der Waals surface area contributed by atoms with Crippen LogP contribution in [0.15, 0.2) is 47.0 Å². The van der Waals surface area contributed by atoms with Gasteiger partial charge in [-0.3, -0.25) is 4.79 Å². The van der Waals surface area contributed by atoms with E-state index >= 15 is 0 Å². The van der Waals surface area contributed by atoms with Crippen LogP contribution in [0.2, 0.25) is 0 Å². The van der Waals surface area contributed by atoms with Crippen LogP contribution in [0.4, 0.5) is 0 Å². The van der Waals surface area contributed by atoms with Gasteiger partial charge in [0.15, 0.2) is 0 Å². The summed E-state index contributed by atoms with van der Waals surface area (Å²) in [4.78, 5) is 19.3. The Morgan fingerprint density at radius 3 is 2.39 bits per heavy atom. The summed E-state index contributed by atoms with van der Waals surface area (Å²) in [6.45, 7) is 7.57. The van der Waals surface area contributed by atoms with Gasteiger partial charge in [-0.2, -0.15) is 4.98 Å². The van der Waals surface area contributed by atoms with Crippen LogP contribution in [0.1, 0.15) is 51.7 Å². The molecule has 3 aromatic rings. The highest BCUT2D eigenvalue weighted by Gasteiger charge is 2.28. The average molecular weight is 375 g/mol. The molecule has 0 spiro atoms. The minimum absolute atomic E-state index is 0.104. The Labute approximate surface area is 165 Å². The molecular weight excluding hydrogens is 350 g/mol. The predicted molar refractivity (Wildman–Crippen MR) is 108 cm³/mol. The fourth-order valence-electron chi connectivity index (χ4n) is 3.61. The first-order chi connectivity index (χ1) is 13.5. The first-order valence-electron chi connectivity index (χ1n) is 9.78. The average Bonchev–Trinajstić information content (AvgIpc) is 3.20. The Morgan fingerprint density at radius 1 is 1.00 bits per heavy atom. The number of rotatable bonds is 3. The summed E-state index contributed by atoms with van der Waals surface area (Å²) in [5, 5.41) is 4.14. The van der Waals surface area contributed by atoms with Gasteiger partial charge in [0.25, 0.3) is 5.91 Å². The lowest BCUT2D eigenvalue weighted by atomic mass is 9.96. The molecule has 144 valence electrons. The van der Waals surface area contributed by atoms with Crippen molar-refractivity contribution in [1.29, 1.82) is 0 Å². The molecule has 1 aliphatic heterocycles. The van der Waals surface area contributed by atoms with Crippen LogP contribution in [0.3, 0.4) is 0 Å². The smallest absolute Gasteiger partial charge is 0.253 e. The molecule has 1 saturated heterocycles. The van der Waals surface area contributed by atoms with E-state index in [0.717, 1.165) is 29.5 Å². The van der Waals surface area contributed by atoms with Gasteiger partial charge in [0, 0.05) is 30.1 Å². The van der Waals surface area contributed by atoms with Gasteiger partial charge in [-0.1, -0.05) is 41.1 Å². The molecule has 2 aromatic carbocycles. The van der Waals surface area contributed by atoms with Crippen molar-refractivity contribution in [1.82, 2.24) is 15.0 Å². The van der Waals surface area contributed by atoms with Gasteiger partial charge in [-0.15, -0.1) is 0 Å². The number of piperidine rings is 1. The molecule has 4 rings (SSSR count). The second kappa shape index (κ2) is 7.58. The van der Waals surface area contributed by atoms with Crippen LogP contribution in [0, 0.1) is 20.8 Å². The van der Waals surface area contributed by atoms with E-state index in [1.54, 1.807) is 0 Å². The molecule has 0 N–H and O–H groups in total. The highest BCUT2D eigenvalue weighted by Crippen LogP contribution is 2.29. The quantitative estimate of drug-likeness (QED) is 0.667. The molecule has 28 heavy (non-hydrogen) atoms. The van der Waals surface area contributed by atoms with E-state index in [1.165, 1.54) is 11.1 Å². The maximum Gasteiger partial charge on any atom is 0.253 e. The summed E-state index contributed by atoms with van der Waals surface area (Å²) in [5.74, 6) is 1.61. The molecule has 1 aromatic heterocycles. The van der Waals surface area contributed by atoms with Crippen LogP contribution in [-0.2, 0) is 0 Å². The largest absolute Gasteiger partial charge is 0.339 e. The van der Waals surface area contributed by atoms with Crippen molar-refractivity contribution < 1.29 is 9.32 Å². The molecule has 2 heterocycles. The van der Waals surface area contributed by atoms with Gasteiger partial charge in [0.1, 0.15) is 0 Å². The molecule has 5 nitrogen and oxygen atoms in total. The standard InChI is InChI=1S/C23H25N3O2/c1-15-4-7-18(8-5-15)21-24-22(28-25-21)19-10-12-26(13-11-19)23(27)20-9-6-16(2)17(3)14-20/h4-9,14,19H,10-13H2,1-3H3. The Balaban J connectivity index is 1.41. The van der Waals surface area contributed by atoms with Crippen molar-refractivity contribution in [3.8, 4) is 11.4 Å². The molecule has 1 amide bonds. The summed E-state index contributed by atoms with van der Waals surface area (Å²) in [6.07, 6.45) is 1.68. The van der Waals surface area contributed by atoms with Crippen LogP contribution in [-0.4, -0.2) is 34.0 Å². The third kappa shape index (κ3) is 3.70. The number of benzene rings is 2. The Kier molecular flexibility index (Phi) is 4.99. The van der Waals surface area contributed by atoms with Crippen molar-refractivity contribution in [3.05, 3.63) is 70.6 Å². The molecule has 1 aliphatic rings. The SMILES string of the molecule is Cc1ccc(-c2noc(C3CCN(C(=O)c4ccc(C)c(C)c4)CC3)n2)cc1. The maximum absolute atomic E-state index is 12.8. The molecule has 0 unspecified atom stereocenters. The van der Waals surface area contributed by atoms with Gasteiger partial charge in [0.2, 0.25) is 11.7 Å². The second-order valence-electron chi connectivity index (χ2n) is 7.69. The van der Waals surface area contributed by atoms with E-state index in [1.807, 2.05) is 54.3 Å². The van der Waals surface area contributed by atoms with Crippen LogP contribution in [0.25, 0.3) is 11.4 Å². The zero-order valence-corrected chi connectivity index (χ0v) is 16.6. The van der Waals surface area contributed by atoms with E-state index in [2.05, 4.69) is 24.0 Å². The third-order valence-corrected chi connectivity index (χ3v) is 5.64. The second-order valence-corrected chi connectivity index (χ2v) is 7.69. The molecule has 0 aliphatic carbocycles. The third-order valence-electron chi connectivity index (χ3n) is 5.64. The van der Waals surface area contributed by atoms with Crippen molar-refractivity contribution in [2.24, 2.45) is 0 Å². The monoisotopic (exact) mass is 375 g/mol. The number of hydrogen-bond donors (Lipinski definition) is 0. The number of aromatic nitrogens is 2. The van der Waals surface area contributed by atoms with Crippen molar-refractivity contribution >= 4 is 5.91 Å². The number of carbonyl (C=O) groups is 1. The zero-order valence-electron chi connectivity index (χ0n) is 16.6. The number of carbonyl (C=O) groups excluding carboxylic acids is 1. The lowest BCUT2D eigenvalue weighted by Crippen LogP contribution is -2.38. The maximum atomic E-state index is 12.8. The highest BCUT2D eigenvalue weighted by molar-refractivity contribution is 5.94. The molecule has 5 heteroatoms. The lowest BCUT2D eigenvalue weighted by Gasteiger charge is -2.30. The lowest BCUT2D eigenvalue weighted by molar-refractivity contribution is 0.0704. The van der Waals surface area contributed by atoms with Gasteiger partial charge in [0.05, 0.1) is 0 Å². The van der Waals surface area contributed by atoms with E-state index in [-0.39, 0.29) is 11.8 Å². The topological polar surface area (TPSA) is 59.2 Å². The van der Waals surface area contributed by atoms with Crippen LogP contribution < -0.4 is 0 Å². The molecule has 0 radical (unpaired) electrons. The van der Waals surface area contributed by atoms with Gasteiger partial charge >= 0.3 is 0 Å². The molecule has 0 atom stereocenters. The minimum atomic E-state index is 0.104. The van der Waals surface area contributed by atoms with Crippen molar-refractivity contribution in [2.75, 3.05) is 13.1 Å². The van der Waals surface area contributed by atoms with E-state index in [9.17, 15) is 4.79 Å². The zero-order chi connectivity index (χ0) is 19.7. The van der Waals surface area contributed by atoms with Crippen molar-refractivity contribution in [3.63, 3.8) is 0 Å². The number of hydrogen-bond acceptors (Lipinski definition) is 4. The van der Waals surface area contributed by atoms with Gasteiger partial charge < -0.3 is 9.42 Å². The fourth-order valence-corrected chi connectivity index (χ4v) is 3.61. The number of amides is 1. The summed E-state index contributed by atoms with van der Waals surface area (Å²) < 4.78 is 5.53. The number of likely N-dealkylation sites (tertiary alicyclic amines) is 1. The molecule has 1 fully saturated rings. The molecular formula is C23H25N3O2. The van der Waals surface area contributed by atoms with Gasteiger partial charge in [-0.25, -0.2) is 0 Å². The Morgan fingerprint density at radius 2 is 1.71 bits per heavy atom. The Bertz CT molecular complexity index is 983. The van der Waals surface area contributed by atoms with E-state index < -0.39 is 0 Å². The summed E-state index contributed by atoms with van der Waals surface area (Å²) in [6, 6.07) is 14.0.